The molecule has 2 N–H and O–H groups in total. The van der Waals surface area contributed by atoms with Gasteiger partial charge >= 0.3 is 5.97 Å². The minimum atomic E-state index is -0.169. The predicted molar refractivity (Wildman–Crippen MR) is 64.3 cm³/mol. The molecule has 0 aromatic heterocycles. The third kappa shape index (κ3) is 7.65. The topological polar surface area (TPSA) is 58.6 Å². The molecule has 0 heterocycles. The van der Waals surface area contributed by atoms with Gasteiger partial charge in [-0.2, -0.15) is 0 Å². The van der Waals surface area contributed by atoms with Crippen molar-refractivity contribution < 1.29 is 14.6 Å². The van der Waals surface area contributed by atoms with E-state index in [1.165, 1.54) is 0 Å². The minimum Gasteiger partial charge on any atom is -0.465 e. The van der Waals surface area contributed by atoms with Crippen LogP contribution in [0.1, 0.15) is 46.0 Å². The van der Waals surface area contributed by atoms with Gasteiger partial charge in [-0.3, -0.25) is 4.79 Å². The highest BCUT2D eigenvalue weighted by atomic mass is 16.5. The summed E-state index contributed by atoms with van der Waals surface area (Å²) in [5.41, 5.74) is 0. The Morgan fingerprint density at radius 2 is 1.94 bits per heavy atom. The molecule has 0 aliphatic carbocycles. The second kappa shape index (κ2) is 10.9. The zero-order chi connectivity index (χ0) is 12.2. The standard InChI is InChI=1S/C12H25NO3/c1-3-11(12(15)16-4-2)13-9-7-5-6-8-10-14/h11,13-14H,3-10H2,1-2H3. The van der Waals surface area contributed by atoms with E-state index in [1.807, 2.05) is 13.8 Å². The number of rotatable bonds is 10. The van der Waals surface area contributed by atoms with Crippen molar-refractivity contribution in [3.8, 4) is 0 Å². The maximum Gasteiger partial charge on any atom is 0.323 e. The molecule has 0 saturated heterocycles. The van der Waals surface area contributed by atoms with E-state index in [9.17, 15) is 4.79 Å². The smallest absolute Gasteiger partial charge is 0.323 e. The van der Waals surface area contributed by atoms with Gasteiger partial charge in [-0.15, -0.1) is 0 Å². The van der Waals surface area contributed by atoms with E-state index in [0.29, 0.717) is 6.61 Å². The van der Waals surface area contributed by atoms with E-state index < -0.39 is 0 Å². The van der Waals surface area contributed by atoms with Crippen LogP contribution >= 0.6 is 0 Å². The van der Waals surface area contributed by atoms with Crippen LogP contribution in [0.3, 0.4) is 0 Å². The lowest BCUT2D eigenvalue weighted by molar-refractivity contribution is -0.145. The highest BCUT2D eigenvalue weighted by Crippen LogP contribution is 2.00. The van der Waals surface area contributed by atoms with Crippen LogP contribution in [0.15, 0.2) is 0 Å². The normalized spacial score (nSPS) is 12.4. The van der Waals surface area contributed by atoms with Gasteiger partial charge < -0.3 is 15.2 Å². The molecule has 4 nitrogen and oxygen atoms in total. The molecule has 0 bridgehead atoms. The Labute approximate surface area is 98.4 Å². The largest absolute Gasteiger partial charge is 0.465 e. The lowest BCUT2D eigenvalue weighted by atomic mass is 10.2. The molecule has 0 aliphatic rings. The van der Waals surface area contributed by atoms with Gasteiger partial charge in [-0.1, -0.05) is 19.8 Å². The van der Waals surface area contributed by atoms with E-state index in [-0.39, 0.29) is 18.6 Å². The fourth-order valence-corrected chi connectivity index (χ4v) is 1.50. The SMILES string of the molecule is CCOC(=O)C(CC)NCCCCCCO. The molecule has 0 aromatic carbocycles. The van der Waals surface area contributed by atoms with Crippen LogP contribution in [-0.2, 0) is 9.53 Å². The average Bonchev–Trinajstić information content (AvgIpc) is 2.28. The molecular formula is C12H25NO3. The predicted octanol–water partition coefficient (Wildman–Crippen LogP) is 1.47. The van der Waals surface area contributed by atoms with E-state index in [1.54, 1.807) is 0 Å². The molecule has 0 spiro atoms. The summed E-state index contributed by atoms with van der Waals surface area (Å²) >= 11 is 0. The number of carbonyl (C=O) groups is 1. The Bertz CT molecular complexity index is 174. The highest BCUT2D eigenvalue weighted by molar-refractivity contribution is 5.75. The lowest BCUT2D eigenvalue weighted by Crippen LogP contribution is -2.38. The molecule has 96 valence electrons. The lowest BCUT2D eigenvalue weighted by Gasteiger charge is -2.15. The third-order valence-corrected chi connectivity index (χ3v) is 2.45. The fraction of sp³-hybridized carbons (Fsp3) is 0.917. The van der Waals surface area contributed by atoms with Crippen molar-refractivity contribution in [1.82, 2.24) is 5.32 Å². The maximum absolute atomic E-state index is 11.4. The first kappa shape index (κ1) is 15.4. The zero-order valence-corrected chi connectivity index (χ0v) is 10.5. The second-order valence-corrected chi connectivity index (χ2v) is 3.80. The summed E-state index contributed by atoms with van der Waals surface area (Å²) in [5, 5.41) is 11.8. The maximum atomic E-state index is 11.4. The van der Waals surface area contributed by atoms with Crippen molar-refractivity contribution in [2.75, 3.05) is 19.8 Å². The van der Waals surface area contributed by atoms with Crippen molar-refractivity contribution in [1.29, 1.82) is 0 Å². The molecule has 4 heteroatoms. The Kier molecular flexibility index (Phi) is 10.5. The highest BCUT2D eigenvalue weighted by Gasteiger charge is 2.15. The van der Waals surface area contributed by atoms with Crippen molar-refractivity contribution in [2.24, 2.45) is 0 Å². The van der Waals surface area contributed by atoms with Crippen LogP contribution < -0.4 is 5.32 Å². The van der Waals surface area contributed by atoms with E-state index >= 15 is 0 Å². The minimum absolute atomic E-state index is 0.152. The number of aliphatic hydroxyl groups is 1. The van der Waals surface area contributed by atoms with Gasteiger partial charge in [0.05, 0.1) is 6.61 Å². The van der Waals surface area contributed by atoms with Crippen LogP contribution in [0.4, 0.5) is 0 Å². The number of nitrogens with one attached hydrogen (secondary N) is 1. The summed E-state index contributed by atoms with van der Waals surface area (Å²) in [5.74, 6) is -0.152. The Balaban J connectivity index is 3.51. The van der Waals surface area contributed by atoms with E-state index in [4.69, 9.17) is 9.84 Å². The van der Waals surface area contributed by atoms with Crippen LogP contribution in [-0.4, -0.2) is 36.9 Å². The summed E-state index contributed by atoms with van der Waals surface area (Å²) in [6, 6.07) is -0.169. The Hall–Kier alpha value is -0.610. The molecule has 1 atom stereocenters. The summed E-state index contributed by atoms with van der Waals surface area (Å²) in [6.07, 6.45) is 4.81. The first-order chi connectivity index (χ1) is 7.76. The molecule has 0 aromatic rings. The van der Waals surface area contributed by atoms with Crippen molar-refractivity contribution in [3.63, 3.8) is 0 Å². The van der Waals surface area contributed by atoms with Gasteiger partial charge in [0.25, 0.3) is 0 Å². The fourth-order valence-electron chi connectivity index (χ4n) is 1.50. The molecule has 1 unspecified atom stereocenters. The van der Waals surface area contributed by atoms with Crippen LogP contribution in [0.25, 0.3) is 0 Å². The quantitative estimate of drug-likeness (QED) is 0.441. The molecule has 0 aliphatic heterocycles. The molecule has 0 rings (SSSR count). The first-order valence-electron chi connectivity index (χ1n) is 6.27. The summed E-state index contributed by atoms with van der Waals surface area (Å²) in [7, 11) is 0. The van der Waals surface area contributed by atoms with Crippen LogP contribution in [0, 0.1) is 0 Å². The number of ether oxygens (including phenoxy) is 1. The van der Waals surface area contributed by atoms with Gasteiger partial charge in [0.1, 0.15) is 6.04 Å². The monoisotopic (exact) mass is 231 g/mol. The van der Waals surface area contributed by atoms with E-state index in [2.05, 4.69) is 5.32 Å². The van der Waals surface area contributed by atoms with Gasteiger partial charge in [0, 0.05) is 6.61 Å². The van der Waals surface area contributed by atoms with Gasteiger partial charge in [-0.25, -0.2) is 0 Å². The Morgan fingerprint density at radius 3 is 2.50 bits per heavy atom. The molecular weight excluding hydrogens is 206 g/mol. The Morgan fingerprint density at radius 1 is 1.25 bits per heavy atom. The van der Waals surface area contributed by atoms with E-state index in [0.717, 1.165) is 38.6 Å². The second-order valence-electron chi connectivity index (χ2n) is 3.80. The zero-order valence-electron chi connectivity index (χ0n) is 10.5. The molecule has 16 heavy (non-hydrogen) atoms. The van der Waals surface area contributed by atoms with Crippen molar-refractivity contribution in [3.05, 3.63) is 0 Å². The first-order valence-corrected chi connectivity index (χ1v) is 6.27. The van der Waals surface area contributed by atoms with Crippen LogP contribution in [0.5, 0.6) is 0 Å². The molecule has 0 radical (unpaired) electrons. The van der Waals surface area contributed by atoms with Gasteiger partial charge in [-0.05, 0) is 32.7 Å². The number of esters is 1. The van der Waals surface area contributed by atoms with Crippen LogP contribution in [0.2, 0.25) is 0 Å². The number of hydrogen-bond donors (Lipinski definition) is 2. The third-order valence-electron chi connectivity index (χ3n) is 2.45. The molecule has 0 fully saturated rings. The molecule has 0 amide bonds. The van der Waals surface area contributed by atoms with Crippen molar-refractivity contribution in [2.45, 2.75) is 52.0 Å². The summed E-state index contributed by atoms with van der Waals surface area (Å²) in [6.45, 7) is 5.34. The molecule has 0 saturated carbocycles. The number of carbonyl (C=O) groups excluding carboxylic acids is 1. The number of aliphatic hydroxyl groups excluding tert-OH is 1. The summed E-state index contributed by atoms with van der Waals surface area (Å²) in [4.78, 5) is 11.4. The van der Waals surface area contributed by atoms with Gasteiger partial charge in [0.15, 0.2) is 0 Å². The number of unbranched alkanes of at least 4 members (excludes halogenated alkanes) is 3. The average molecular weight is 231 g/mol. The van der Waals surface area contributed by atoms with Crippen molar-refractivity contribution >= 4 is 5.97 Å². The summed E-state index contributed by atoms with van der Waals surface area (Å²) < 4.78 is 4.96. The van der Waals surface area contributed by atoms with Gasteiger partial charge in [0.2, 0.25) is 0 Å². The number of hydrogen-bond acceptors (Lipinski definition) is 4.